The van der Waals surface area contributed by atoms with Crippen LogP contribution >= 0.6 is 0 Å². The molecule has 0 aliphatic carbocycles. The van der Waals surface area contributed by atoms with Gasteiger partial charge in [0.05, 0.1) is 6.54 Å². The molecule has 2 heterocycles. The van der Waals surface area contributed by atoms with Gasteiger partial charge in [0.2, 0.25) is 0 Å². The van der Waals surface area contributed by atoms with E-state index in [-0.39, 0.29) is 11.6 Å². The molecule has 1 saturated heterocycles. The zero-order valence-electron chi connectivity index (χ0n) is 8.84. The van der Waals surface area contributed by atoms with Crippen molar-refractivity contribution in [3.05, 3.63) is 35.4 Å². The van der Waals surface area contributed by atoms with Crippen LogP contribution in [0.2, 0.25) is 0 Å². The van der Waals surface area contributed by atoms with Gasteiger partial charge in [-0.1, -0.05) is 24.3 Å². The molecule has 3 nitrogen and oxygen atoms in total. The van der Waals surface area contributed by atoms with Gasteiger partial charge in [-0.2, -0.15) is 0 Å². The van der Waals surface area contributed by atoms with E-state index in [1.165, 1.54) is 16.0 Å². The topological polar surface area (TPSA) is 33.5 Å². The number of carbonyl (C=O) groups is 1. The summed E-state index contributed by atoms with van der Waals surface area (Å²) < 4.78 is 0. The number of quaternary nitrogens is 1. The van der Waals surface area contributed by atoms with Crippen LogP contribution in [0.25, 0.3) is 0 Å². The van der Waals surface area contributed by atoms with Crippen LogP contribution in [0.5, 0.6) is 0 Å². The fourth-order valence-electron chi connectivity index (χ4n) is 2.89. The van der Waals surface area contributed by atoms with Crippen LogP contribution in [0.3, 0.4) is 0 Å². The Balaban J connectivity index is 2.15. The van der Waals surface area contributed by atoms with Crippen molar-refractivity contribution in [1.82, 2.24) is 5.32 Å². The molecule has 3 heteroatoms. The summed E-state index contributed by atoms with van der Waals surface area (Å²) in [7, 11) is 0. The molecule has 0 aromatic heterocycles. The van der Waals surface area contributed by atoms with Crippen molar-refractivity contribution in [3.8, 4) is 0 Å². The first-order valence-corrected chi connectivity index (χ1v) is 5.45. The zero-order valence-corrected chi connectivity index (χ0v) is 8.84. The predicted octanol–water partition coefficient (Wildman–Crippen LogP) is -0.570. The van der Waals surface area contributed by atoms with Crippen LogP contribution in [-0.4, -0.2) is 19.0 Å². The Kier molecular flexibility index (Phi) is 1.68. The van der Waals surface area contributed by atoms with E-state index in [4.69, 9.17) is 0 Å². The van der Waals surface area contributed by atoms with Crippen LogP contribution < -0.4 is 10.2 Å². The van der Waals surface area contributed by atoms with Crippen LogP contribution in [0.4, 0.5) is 0 Å². The van der Waals surface area contributed by atoms with Crippen LogP contribution in [0.15, 0.2) is 24.3 Å². The van der Waals surface area contributed by atoms with E-state index < -0.39 is 0 Å². The van der Waals surface area contributed by atoms with Gasteiger partial charge < -0.3 is 4.90 Å². The summed E-state index contributed by atoms with van der Waals surface area (Å²) in [5.74, 6) is 0.171. The SMILES string of the molecule is C[C@@]12NC(=O)C[NH+]1CCc1ccccc12. The Morgan fingerprint density at radius 3 is 3.07 bits per heavy atom. The van der Waals surface area contributed by atoms with Gasteiger partial charge in [-0.05, 0) is 5.56 Å². The summed E-state index contributed by atoms with van der Waals surface area (Å²) in [5, 5.41) is 3.11. The van der Waals surface area contributed by atoms with Gasteiger partial charge in [0.1, 0.15) is 0 Å². The number of hydrogen-bond donors (Lipinski definition) is 2. The van der Waals surface area contributed by atoms with E-state index in [2.05, 4.69) is 36.5 Å². The molecule has 1 aromatic rings. The van der Waals surface area contributed by atoms with Crippen LogP contribution in [0, 0.1) is 0 Å². The predicted molar refractivity (Wildman–Crippen MR) is 56.3 cm³/mol. The van der Waals surface area contributed by atoms with E-state index in [0.29, 0.717) is 6.54 Å². The average Bonchev–Trinajstić information content (AvgIpc) is 2.53. The summed E-state index contributed by atoms with van der Waals surface area (Å²) >= 11 is 0. The first-order valence-electron chi connectivity index (χ1n) is 5.45. The van der Waals surface area contributed by atoms with Crippen molar-refractivity contribution >= 4 is 5.91 Å². The van der Waals surface area contributed by atoms with Crippen molar-refractivity contribution in [1.29, 1.82) is 0 Å². The molecular weight excluding hydrogens is 188 g/mol. The second-order valence-electron chi connectivity index (χ2n) is 4.61. The van der Waals surface area contributed by atoms with E-state index >= 15 is 0 Å². The molecule has 1 amide bonds. The molecule has 78 valence electrons. The van der Waals surface area contributed by atoms with Gasteiger partial charge in [0.15, 0.2) is 12.2 Å². The summed E-state index contributed by atoms with van der Waals surface area (Å²) in [5.41, 5.74) is 2.48. The van der Waals surface area contributed by atoms with Gasteiger partial charge in [-0.25, -0.2) is 0 Å². The number of amides is 1. The second-order valence-corrected chi connectivity index (χ2v) is 4.61. The minimum atomic E-state index is -0.189. The lowest BCUT2D eigenvalue weighted by Crippen LogP contribution is -3.18. The van der Waals surface area contributed by atoms with E-state index in [9.17, 15) is 4.79 Å². The summed E-state index contributed by atoms with van der Waals surface area (Å²) in [6.45, 7) is 3.79. The lowest BCUT2D eigenvalue weighted by atomic mass is 9.89. The quantitative estimate of drug-likeness (QED) is 0.582. The third kappa shape index (κ3) is 1.13. The van der Waals surface area contributed by atoms with E-state index in [0.717, 1.165) is 13.0 Å². The molecule has 0 bridgehead atoms. The Morgan fingerprint density at radius 2 is 2.20 bits per heavy atom. The molecule has 2 aliphatic rings. The van der Waals surface area contributed by atoms with Crippen LogP contribution in [-0.2, 0) is 16.9 Å². The lowest BCUT2D eigenvalue weighted by molar-refractivity contribution is -0.947. The molecule has 2 atom stereocenters. The molecule has 1 aromatic carbocycles. The van der Waals surface area contributed by atoms with Gasteiger partial charge in [-0.3, -0.25) is 10.1 Å². The van der Waals surface area contributed by atoms with Gasteiger partial charge in [-0.15, -0.1) is 0 Å². The number of benzene rings is 1. The number of rotatable bonds is 0. The van der Waals surface area contributed by atoms with Crippen molar-refractivity contribution in [2.45, 2.75) is 19.0 Å². The maximum Gasteiger partial charge on any atom is 0.280 e. The fourth-order valence-corrected chi connectivity index (χ4v) is 2.89. The largest absolute Gasteiger partial charge is 0.301 e. The third-order valence-electron chi connectivity index (χ3n) is 3.72. The monoisotopic (exact) mass is 203 g/mol. The number of hydrogen-bond acceptors (Lipinski definition) is 1. The van der Waals surface area contributed by atoms with Gasteiger partial charge >= 0.3 is 0 Å². The third-order valence-corrected chi connectivity index (χ3v) is 3.72. The van der Waals surface area contributed by atoms with Crippen molar-refractivity contribution in [2.75, 3.05) is 13.1 Å². The molecule has 15 heavy (non-hydrogen) atoms. The fraction of sp³-hybridized carbons (Fsp3) is 0.417. The Labute approximate surface area is 89.1 Å². The van der Waals surface area contributed by atoms with Crippen molar-refractivity contribution in [3.63, 3.8) is 0 Å². The second kappa shape index (κ2) is 2.83. The molecule has 1 fully saturated rings. The standard InChI is InChI=1S/C12H14N2O/c1-12-10-5-3-2-4-9(10)6-7-14(12)8-11(15)13-12/h2-5H,6-8H2,1H3,(H,13,15)/p+1/t12-/m1/s1. The van der Waals surface area contributed by atoms with E-state index in [1.807, 2.05) is 0 Å². The highest BCUT2D eigenvalue weighted by Crippen LogP contribution is 2.24. The Bertz CT molecular complexity index is 429. The molecule has 1 unspecified atom stereocenters. The Morgan fingerprint density at radius 1 is 1.40 bits per heavy atom. The highest BCUT2D eigenvalue weighted by atomic mass is 16.2. The molecule has 0 spiro atoms. The molecule has 0 saturated carbocycles. The lowest BCUT2D eigenvalue weighted by Gasteiger charge is -2.36. The number of nitrogens with one attached hydrogen (secondary N) is 2. The molecule has 3 rings (SSSR count). The molecule has 2 aliphatic heterocycles. The normalized spacial score (nSPS) is 33.1. The smallest absolute Gasteiger partial charge is 0.280 e. The average molecular weight is 203 g/mol. The summed E-state index contributed by atoms with van der Waals surface area (Å²) in [6, 6.07) is 8.43. The first kappa shape index (κ1) is 8.92. The van der Waals surface area contributed by atoms with E-state index in [1.54, 1.807) is 0 Å². The minimum absolute atomic E-state index is 0.171. The van der Waals surface area contributed by atoms with Crippen LogP contribution in [0.1, 0.15) is 18.1 Å². The zero-order chi connectivity index (χ0) is 10.5. The molecule has 2 N–H and O–H groups in total. The highest BCUT2D eigenvalue weighted by Gasteiger charge is 2.49. The first-order chi connectivity index (χ1) is 7.20. The molecular formula is C12H15N2O+. The summed E-state index contributed by atoms with van der Waals surface area (Å²) in [6.07, 6.45) is 1.08. The summed E-state index contributed by atoms with van der Waals surface area (Å²) in [4.78, 5) is 12.8. The van der Waals surface area contributed by atoms with Crippen molar-refractivity contribution in [2.24, 2.45) is 0 Å². The Hall–Kier alpha value is -1.35. The van der Waals surface area contributed by atoms with Gasteiger partial charge in [0, 0.05) is 18.9 Å². The van der Waals surface area contributed by atoms with Gasteiger partial charge in [0.25, 0.3) is 5.91 Å². The number of fused-ring (bicyclic) bond motifs is 3. The maximum atomic E-state index is 11.5. The molecule has 0 radical (unpaired) electrons. The highest BCUT2D eigenvalue weighted by molar-refractivity contribution is 5.79. The number of carbonyl (C=O) groups excluding carboxylic acids is 1. The minimum Gasteiger partial charge on any atom is -0.301 e. The van der Waals surface area contributed by atoms with Crippen molar-refractivity contribution < 1.29 is 9.69 Å². The maximum absolute atomic E-state index is 11.5.